The van der Waals surface area contributed by atoms with Gasteiger partial charge in [0.05, 0.1) is 17.2 Å². The zero-order valence-electron chi connectivity index (χ0n) is 24.8. The number of ether oxygens (including phenoxy) is 1. The van der Waals surface area contributed by atoms with E-state index < -0.39 is 34.1 Å². The highest BCUT2D eigenvalue weighted by molar-refractivity contribution is 9.10. The molecular weight excluding hydrogens is 618 g/mol. The van der Waals surface area contributed by atoms with Crippen molar-refractivity contribution in [2.75, 3.05) is 24.0 Å². The minimum absolute atomic E-state index is 0.0423. The molecule has 0 aliphatic heterocycles. The van der Waals surface area contributed by atoms with Crippen LogP contribution in [0.2, 0.25) is 0 Å². The Labute approximate surface area is 258 Å². The Hall–Kier alpha value is -3.37. The Balaban J connectivity index is 2.02. The van der Waals surface area contributed by atoms with E-state index in [0.717, 1.165) is 14.3 Å². The van der Waals surface area contributed by atoms with Crippen LogP contribution in [0.3, 0.4) is 0 Å². The van der Waals surface area contributed by atoms with Gasteiger partial charge in [0.15, 0.2) is 0 Å². The molecule has 0 saturated heterocycles. The Morgan fingerprint density at radius 2 is 1.55 bits per heavy atom. The summed E-state index contributed by atoms with van der Waals surface area (Å²) in [6.07, 6.45) is 0.874. The second-order valence-corrected chi connectivity index (χ2v) is 13.7. The number of carbonyl (C=O) groups is 2. The van der Waals surface area contributed by atoms with E-state index in [1.165, 1.54) is 17.0 Å². The molecule has 0 aliphatic carbocycles. The number of benzene rings is 3. The van der Waals surface area contributed by atoms with Gasteiger partial charge in [0.2, 0.25) is 11.8 Å². The standard InChI is InChI=1S/C32H40BrN3O5S/c1-6-29(31(38)34-32(3,4)5)35(22-21-24-11-9-8-10-12-24)30(37)23-36(26-15-17-27(18-16-26)41-7-2)42(39,40)28-19-13-25(33)14-20-28/h8-20,29H,6-7,21-23H2,1-5H3,(H,34,38)/t29-/m0/s1. The van der Waals surface area contributed by atoms with Crippen molar-refractivity contribution in [1.29, 1.82) is 0 Å². The summed E-state index contributed by atoms with van der Waals surface area (Å²) in [7, 11) is -4.15. The van der Waals surface area contributed by atoms with Crippen LogP contribution in [0, 0.1) is 0 Å². The average molecular weight is 659 g/mol. The van der Waals surface area contributed by atoms with Crippen LogP contribution in [-0.2, 0) is 26.0 Å². The first kappa shape index (κ1) is 33.1. The van der Waals surface area contributed by atoms with Crippen molar-refractivity contribution >= 4 is 43.5 Å². The number of carbonyl (C=O) groups excluding carboxylic acids is 2. The molecule has 0 bridgehead atoms. The highest BCUT2D eigenvalue weighted by atomic mass is 79.9. The second-order valence-electron chi connectivity index (χ2n) is 10.9. The van der Waals surface area contributed by atoms with Gasteiger partial charge in [-0.05, 0) is 94.6 Å². The average Bonchev–Trinajstić information content (AvgIpc) is 2.94. The van der Waals surface area contributed by atoms with Gasteiger partial charge < -0.3 is 15.0 Å². The van der Waals surface area contributed by atoms with E-state index in [9.17, 15) is 18.0 Å². The summed E-state index contributed by atoms with van der Waals surface area (Å²) >= 11 is 3.35. The lowest BCUT2D eigenvalue weighted by atomic mass is 10.1. The maximum atomic E-state index is 14.1. The first-order chi connectivity index (χ1) is 19.9. The van der Waals surface area contributed by atoms with Gasteiger partial charge in [0.1, 0.15) is 18.3 Å². The van der Waals surface area contributed by atoms with E-state index in [4.69, 9.17) is 4.74 Å². The predicted molar refractivity (Wildman–Crippen MR) is 170 cm³/mol. The molecule has 3 rings (SSSR count). The van der Waals surface area contributed by atoms with Gasteiger partial charge in [-0.25, -0.2) is 8.42 Å². The monoisotopic (exact) mass is 657 g/mol. The highest BCUT2D eigenvalue weighted by Gasteiger charge is 2.34. The summed E-state index contributed by atoms with van der Waals surface area (Å²) in [5.41, 5.74) is 0.815. The molecular formula is C32H40BrN3O5S. The van der Waals surface area contributed by atoms with E-state index in [0.29, 0.717) is 30.9 Å². The number of halogens is 1. The molecule has 0 aliphatic rings. The molecule has 0 saturated carbocycles. The number of nitrogens with zero attached hydrogens (tertiary/aromatic N) is 2. The molecule has 42 heavy (non-hydrogen) atoms. The highest BCUT2D eigenvalue weighted by Crippen LogP contribution is 2.27. The summed E-state index contributed by atoms with van der Waals surface area (Å²) in [5, 5.41) is 2.99. The van der Waals surface area contributed by atoms with Crippen molar-refractivity contribution in [3.63, 3.8) is 0 Å². The van der Waals surface area contributed by atoms with Crippen molar-refractivity contribution in [3.8, 4) is 5.75 Å². The van der Waals surface area contributed by atoms with Crippen LogP contribution in [0.4, 0.5) is 5.69 Å². The minimum atomic E-state index is -4.15. The van der Waals surface area contributed by atoms with Crippen molar-refractivity contribution in [3.05, 3.63) is 88.9 Å². The van der Waals surface area contributed by atoms with Gasteiger partial charge >= 0.3 is 0 Å². The molecule has 0 radical (unpaired) electrons. The third-order valence-corrected chi connectivity index (χ3v) is 8.80. The smallest absolute Gasteiger partial charge is 0.264 e. The number of sulfonamides is 1. The van der Waals surface area contributed by atoms with Gasteiger partial charge in [-0.15, -0.1) is 0 Å². The number of nitrogens with one attached hydrogen (secondary N) is 1. The SMILES string of the molecule is CCOc1ccc(N(CC(=O)N(CCc2ccccc2)[C@@H](CC)C(=O)NC(C)(C)C)S(=O)(=O)c2ccc(Br)cc2)cc1. The van der Waals surface area contributed by atoms with Gasteiger partial charge in [-0.2, -0.15) is 0 Å². The molecule has 226 valence electrons. The molecule has 0 heterocycles. The molecule has 0 unspecified atom stereocenters. The summed E-state index contributed by atoms with van der Waals surface area (Å²) < 4.78 is 35.3. The summed E-state index contributed by atoms with van der Waals surface area (Å²) in [6.45, 7) is 9.57. The third-order valence-electron chi connectivity index (χ3n) is 6.48. The lowest BCUT2D eigenvalue weighted by Crippen LogP contribution is -2.56. The Bertz CT molecular complexity index is 1420. The van der Waals surface area contributed by atoms with Crippen LogP contribution in [-0.4, -0.2) is 56.4 Å². The molecule has 1 atom stereocenters. The molecule has 3 aromatic rings. The first-order valence-electron chi connectivity index (χ1n) is 14.0. The van der Waals surface area contributed by atoms with E-state index in [-0.39, 0.29) is 17.3 Å². The lowest BCUT2D eigenvalue weighted by Gasteiger charge is -2.34. The normalized spacial score (nSPS) is 12.3. The number of anilines is 1. The van der Waals surface area contributed by atoms with E-state index in [2.05, 4.69) is 21.2 Å². The van der Waals surface area contributed by atoms with Crippen LogP contribution in [0.5, 0.6) is 5.75 Å². The fourth-order valence-electron chi connectivity index (χ4n) is 4.49. The van der Waals surface area contributed by atoms with Crippen LogP contribution in [0.15, 0.2) is 88.2 Å². The summed E-state index contributed by atoms with van der Waals surface area (Å²) in [4.78, 5) is 29.1. The third kappa shape index (κ3) is 9.06. The number of amides is 2. The molecule has 10 heteroatoms. The van der Waals surface area contributed by atoms with Gasteiger partial charge in [0.25, 0.3) is 10.0 Å². The van der Waals surface area contributed by atoms with Gasteiger partial charge in [0, 0.05) is 16.6 Å². The van der Waals surface area contributed by atoms with Crippen molar-refractivity contribution in [2.24, 2.45) is 0 Å². The summed E-state index contributed by atoms with van der Waals surface area (Å²) in [6, 6.07) is 21.7. The van der Waals surface area contributed by atoms with Crippen LogP contribution in [0.25, 0.3) is 0 Å². The van der Waals surface area contributed by atoms with Crippen molar-refractivity contribution in [1.82, 2.24) is 10.2 Å². The Kier molecular flexibility index (Phi) is 11.6. The van der Waals surface area contributed by atoms with Crippen LogP contribution < -0.4 is 14.4 Å². The molecule has 3 aromatic carbocycles. The first-order valence-corrected chi connectivity index (χ1v) is 16.3. The fraction of sp³-hybridized carbons (Fsp3) is 0.375. The Morgan fingerprint density at radius 1 is 0.929 bits per heavy atom. The molecule has 0 spiro atoms. The fourth-order valence-corrected chi connectivity index (χ4v) is 6.17. The number of rotatable bonds is 13. The molecule has 2 amide bonds. The Morgan fingerprint density at radius 3 is 2.10 bits per heavy atom. The summed E-state index contributed by atoms with van der Waals surface area (Å²) in [5.74, 6) is -0.172. The topological polar surface area (TPSA) is 96.0 Å². The zero-order valence-corrected chi connectivity index (χ0v) is 27.2. The minimum Gasteiger partial charge on any atom is -0.494 e. The maximum absolute atomic E-state index is 14.1. The van der Waals surface area contributed by atoms with Crippen molar-refractivity contribution < 1.29 is 22.7 Å². The zero-order chi connectivity index (χ0) is 30.9. The van der Waals surface area contributed by atoms with Gasteiger partial charge in [-0.3, -0.25) is 13.9 Å². The van der Waals surface area contributed by atoms with Crippen LogP contribution >= 0.6 is 15.9 Å². The van der Waals surface area contributed by atoms with Crippen LogP contribution in [0.1, 0.15) is 46.6 Å². The van der Waals surface area contributed by atoms with Crippen molar-refractivity contribution in [2.45, 2.75) is 63.9 Å². The number of hydrogen-bond acceptors (Lipinski definition) is 5. The van der Waals surface area contributed by atoms with E-state index in [1.54, 1.807) is 36.4 Å². The van der Waals surface area contributed by atoms with Gasteiger partial charge in [-0.1, -0.05) is 53.2 Å². The molecule has 8 nitrogen and oxygen atoms in total. The largest absolute Gasteiger partial charge is 0.494 e. The van der Waals surface area contributed by atoms with E-state index in [1.807, 2.05) is 65.0 Å². The molecule has 0 fully saturated rings. The van der Waals surface area contributed by atoms with E-state index >= 15 is 0 Å². The number of hydrogen-bond donors (Lipinski definition) is 1. The second kappa shape index (κ2) is 14.7. The molecule has 0 aromatic heterocycles. The predicted octanol–water partition coefficient (Wildman–Crippen LogP) is 5.81. The lowest BCUT2D eigenvalue weighted by molar-refractivity contribution is -0.140. The molecule has 1 N–H and O–H groups in total. The quantitative estimate of drug-likeness (QED) is 0.250. The maximum Gasteiger partial charge on any atom is 0.264 e.